The van der Waals surface area contributed by atoms with Crippen LogP contribution in [0.2, 0.25) is 0 Å². The summed E-state index contributed by atoms with van der Waals surface area (Å²) in [5, 5.41) is 13.1. The second-order valence-electron chi connectivity index (χ2n) is 3.53. The van der Waals surface area contributed by atoms with Crippen LogP contribution in [-0.2, 0) is 6.54 Å². The molecule has 13 heavy (non-hydrogen) atoms. The first kappa shape index (κ1) is 8.73. The number of nitrogens with one attached hydrogen (secondary N) is 1. The van der Waals surface area contributed by atoms with Crippen LogP contribution in [0.4, 0.5) is 0 Å². The largest absolute Gasteiger partial charge is 0.391 e. The SMILES string of the molecule is CCC(O)C1NCc2ccccc21. The van der Waals surface area contributed by atoms with Gasteiger partial charge < -0.3 is 10.4 Å². The van der Waals surface area contributed by atoms with Gasteiger partial charge in [-0.25, -0.2) is 0 Å². The molecule has 2 rings (SSSR count). The molecular formula is C11H15NO. The minimum atomic E-state index is -0.261. The van der Waals surface area contributed by atoms with Crippen LogP contribution in [0.5, 0.6) is 0 Å². The van der Waals surface area contributed by atoms with Crippen molar-refractivity contribution in [1.82, 2.24) is 5.32 Å². The highest BCUT2D eigenvalue weighted by atomic mass is 16.3. The number of rotatable bonds is 2. The molecule has 0 aromatic heterocycles. The molecule has 1 heterocycles. The van der Waals surface area contributed by atoms with E-state index in [1.807, 2.05) is 19.1 Å². The van der Waals surface area contributed by atoms with Gasteiger partial charge in [-0.05, 0) is 17.5 Å². The van der Waals surface area contributed by atoms with Crippen molar-refractivity contribution in [2.75, 3.05) is 0 Å². The maximum atomic E-state index is 9.74. The van der Waals surface area contributed by atoms with Gasteiger partial charge in [0.05, 0.1) is 12.1 Å². The summed E-state index contributed by atoms with van der Waals surface area (Å²) >= 11 is 0. The van der Waals surface area contributed by atoms with E-state index < -0.39 is 0 Å². The molecule has 0 aliphatic carbocycles. The topological polar surface area (TPSA) is 32.3 Å². The lowest BCUT2D eigenvalue weighted by molar-refractivity contribution is 0.128. The van der Waals surface area contributed by atoms with Gasteiger partial charge >= 0.3 is 0 Å². The lowest BCUT2D eigenvalue weighted by Crippen LogP contribution is -2.25. The molecule has 2 atom stereocenters. The van der Waals surface area contributed by atoms with Crippen LogP contribution in [-0.4, -0.2) is 11.2 Å². The van der Waals surface area contributed by atoms with Gasteiger partial charge in [0.15, 0.2) is 0 Å². The highest BCUT2D eigenvalue weighted by molar-refractivity contribution is 5.34. The lowest BCUT2D eigenvalue weighted by atomic mass is 10.00. The Hall–Kier alpha value is -0.860. The van der Waals surface area contributed by atoms with Crippen LogP contribution in [0.15, 0.2) is 24.3 Å². The molecule has 1 aromatic carbocycles. The minimum Gasteiger partial charge on any atom is -0.391 e. The number of aliphatic hydroxyl groups is 1. The molecule has 0 saturated carbocycles. The monoisotopic (exact) mass is 177 g/mol. The molecule has 0 saturated heterocycles. The van der Waals surface area contributed by atoms with Crippen molar-refractivity contribution in [3.63, 3.8) is 0 Å². The Morgan fingerprint density at radius 1 is 1.54 bits per heavy atom. The molecule has 2 unspecified atom stereocenters. The first-order chi connectivity index (χ1) is 6.33. The third-order valence-corrected chi connectivity index (χ3v) is 2.71. The van der Waals surface area contributed by atoms with E-state index in [0.29, 0.717) is 0 Å². The second kappa shape index (κ2) is 3.48. The number of hydrogen-bond acceptors (Lipinski definition) is 2. The predicted molar refractivity (Wildman–Crippen MR) is 52.3 cm³/mol. The summed E-state index contributed by atoms with van der Waals surface area (Å²) in [5.74, 6) is 0. The number of aliphatic hydroxyl groups excluding tert-OH is 1. The van der Waals surface area contributed by atoms with E-state index in [-0.39, 0.29) is 12.1 Å². The van der Waals surface area contributed by atoms with Crippen LogP contribution >= 0.6 is 0 Å². The lowest BCUT2D eigenvalue weighted by Gasteiger charge is -2.17. The van der Waals surface area contributed by atoms with E-state index in [0.717, 1.165) is 13.0 Å². The van der Waals surface area contributed by atoms with E-state index in [1.165, 1.54) is 11.1 Å². The molecule has 1 aliphatic heterocycles. The van der Waals surface area contributed by atoms with Gasteiger partial charge in [0, 0.05) is 6.54 Å². The van der Waals surface area contributed by atoms with Crippen LogP contribution in [0.1, 0.15) is 30.5 Å². The third-order valence-electron chi connectivity index (χ3n) is 2.71. The molecule has 0 amide bonds. The Morgan fingerprint density at radius 3 is 3.08 bits per heavy atom. The zero-order chi connectivity index (χ0) is 9.26. The average molecular weight is 177 g/mol. The number of fused-ring (bicyclic) bond motifs is 1. The van der Waals surface area contributed by atoms with Crippen molar-refractivity contribution in [3.05, 3.63) is 35.4 Å². The van der Waals surface area contributed by atoms with Gasteiger partial charge in [-0.2, -0.15) is 0 Å². The van der Waals surface area contributed by atoms with Gasteiger partial charge in [0.1, 0.15) is 0 Å². The van der Waals surface area contributed by atoms with Gasteiger partial charge in [-0.3, -0.25) is 0 Å². The van der Waals surface area contributed by atoms with Gasteiger partial charge in [0.2, 0.25) is 0 Å². The zero-order valence-corrected chi connectivity index (χ0v) is 7.83. The molecule has 0 radical (unpaired) electrons. The van der Waals surface area contributed by atoms with Crippen molar-refractivity contribution < 1.29 is 5.11 Å². The molecule has 70 valence electrons. The fraction of sp³-hybridized carbons (Fsp3) is 0.455. The van der Waals surface area contributed by atoms with Gasteiger partial charge in [-0.1, -0.05) is 31.2 Å². The van der Waals surface area contributed by atoms with Gasteiger partial charge in [-0.15, -0.1) is 0 Å². The van der Waals surface area contributed by atoms with Crippen LogP contribution in [0.25, 0.3) is 0 Å². The second-order valence-corrected chi connectivity index (χ2v) is 3.53. The highest BCUT2D eigenvalue weighted by Crippen LogP contribution is 2.28. The molecule has 1 aliphatic rings. The standard InChI is InChI=1S/C11H15NO/c1-2-10(13)11-9-6-4-3-5-8(9)7-12-11/h3-6,10-13H,2,7H2,1H3. The Morgan fingerprint density at radius 2 is 2.31 bits per heavy atom. The van der Waals surface area contributed by atoms with Crippen molar-refractivity contribution in [3.8, 4) is 0 Å². The summed E-state index contributed by atoms with van der Waals surface area (Å²) in [5.41, 5.74) is 2.58. The Balaban J connectivity index is 2.28. The van der Waals surface area contributed by atoms with E-state index in [4.69, 9.17) is 0 Å². The zero-order valence-electron chi connectivity index (χ0n) is 7.83. The molecule has 0 fully saturated rings. The summed E-state index contributed by atoms with van der Waals surface area (Å²) in [4.78, 5) is 0. The molecule has 0 bridgehead atoms. The summed E-state index contributed by atoms with van der Waals surface area (Å²) in [6.45, 7) is 2.89. The van der Waals surface area contributed by atoms with Crippen molar-refractivity contribution >= 4 is 0 Å². The normalized spacial score (nSPS) is 22.8. The highest BCUT2D eigenvalue weighted by Gasteiger charge is 2.26. The summed E-state index contributed by atoms with van der Waals surface area (Å²) in [6, 6.07) is 8.42. The first-order valence-electron chi connectivity index (χ1n) is 4.82. The molecule has 2 N–H and O–H groups in total. The average Bonchev–Trinajstić information content (AvgIpc) is 2.60. The number of benzene rings is 1. The summed E-state index contributed by atoms with van der Waals surface area (Å²) in [6.07, 6.45) is 0.537. The smallest absolute Gasteiger partial charge is 0.0732 e. The molecule has 2 nitrogen and oxygen atoms in total. The Bertz CT molecular complexity index is 298. The predicted octanol–water partition coefficient (Wildman–Crippen LogP) is 1.60. The van der Waals surface area contributed by atoms with Crippen molar-refractivity contribution in [2.45, 2.75) is 32.0 Å². The Kier molecular flexibility index (Phi) is 2.34. The van der Waals surface area contributed by atoms with E-state index >= 15 is 0 Å². The fourth-order valence-corrected chi connectivity index (χ4v) is 1.91. The van der Waals surface area contributed by atoms with E-state index in [1.54, 1.807) is 0 Å². The van der Waals surface area contributed by atoms with E-state index in [9.17, 15) is 5.11 Å². The quantitative estimate of drug-likeness (QED) is 0.719. The maximum Gasteiger partial charge on any atom is 0.0732 e. The van der Waals surface area contributed by atoms with Crippen LogP contribution in [0, 0.1) is 0 Å². The summed E-state index contributed by atoms with van der Waals surface area (Å²) < 4.78 is 0. The first-order valence-corrected chi connectivity index (χ1v) is 4.82. The number of hydrogen-bond donors (Lipinski definition) is 2. The fourth-order valence-electron chi connectivity index (χ4n) is 1.91. The van der Waals surface area contributed by atoms with E-state index in [2.05, 4.69) is 17.4 Å². The van der Waals surface area contributed by atoms with Crippen molar-refractivity contribution in [1.29, 1.82) is 0 Å². The molecule has 0 spiro atoms. The van der Waals surface area contributed by atoms with Crippen molar-refractivity contribution in [2.24, 2.45) is 0 Å². The maximum absolute atomic E-state index is 9.74. The van der Waals surface area contributed by atoms with Crippen LogP contribution in [0.3, 0.4) is 0 Å². The molecule has 1 aromatic rings. The third kappa shape index (κ3) is 1.47. The minimum absolute atomic E-state index is 0.140. The Labute approximate surface area is 78.6 Å². The van der Waals surface area contributed by atoms with Gasteiger partial charge in [0.25, 0.3) is 0 Å². The molecular weight excluding hydrogens is 162 g/mol. The van der Waals surface area contributed by atoms with Crippen LogP contribution < -0.4 is 5.32 Å². The summed E-state index contributed by atoms with van der Waals surface area (Å²) in [7, 11) is 0. The molecule has 2 heteroatoms.